The Hall–Kier alpha value is -1.02. The second-order valence-electron chi connectivity index (χ2n) is 3.64. The van der Waals surface area contributed by atoms with Crippen LogP contribution in [0, 0.1) is 12.7 Å². The fourth-order valence-corrected chi connectivity index (χ4v) is 2.34. The van der Waals surface area contributed by atoms with Crippen LogP contribution in [0.15, 0.2) is 59.5 Å². The van der Waals surface area contributed by atoms with Gasteiger partial charge in [-0.1, -0.05) is 29.5 Å². The van der Waals surface area contributed by atoms with Crippen LogP contribution in [0.3, 0.4) is 0 Å². The summed E-state index contributed by atoms with van der Waals surface area (Å²) in [6.07, 6.45) is 0. The average Bonchev–Trinajstić information content (AvgIpc) is 2.31. The zero-order chi connectivity index (χ0) is 11.4. The van der Waals surface area contributed by atoms with Gasteiger partial charge in [0.15, 0.2) is 0 Å². The van der Waals surface area contributed by atoms with Crippen LogP contribution in [0.2, 0.25) is 0 Å². The van der Waals surface area contributed by atoms with E-state index in [1.807, 2.05) is 61.5 Å². The van der Waals surface area contributed by atoms with Crippen LogP contribution in [-0.2, 0) is 27.9 Å². The van der Waals surface area contributed by atoms with E-state index >= 15 is 0 Å². The molecule has 0 heterocycles. The fourth-order valence-electron chi connectivity index (χ4n) is 1.40. The van der Waals surface area contributed by atoms with Gasteiger partial charge in [-0.2, -0.15) is 17.7 Å². The van der Waals surface area contributed by atoms with Crippen molar-refractivity contribution in [2.24, 2.45) is 0 Å². The van der Waals surface area contributed by atoms with Gasteiger partial charge in [0.25, 0.3) is 0 Å². The first-order valence-electron chi connectivity index (χ1n) is 5.13. The molecule has 1 nitrogen and oxygen atoms in total. The van der Waals surface area contributed by atoms with E-state index in [1.165, 1.54) is 5.56 Å². The molecule has 0 saturated heterocycles. The molecule has 1 unspecified atom stereocenters. The molecule has 0 N–H and O–H groups in total. The van der Waals surface area contributed by atoms with Crippen molar-refractivity contribution in [2.45, 2.75) is 11.8 Å². The molecule has 0 saturated carbocycles. The largest absolute Gasteiger partial charge is 1.00 e. The zero-order valence-electron chi connectivity index (χ0n) is 9.39. The molecule has 2 rings (SSSR count). The maximum Gasteiger partial charge on any atom is 1.00 e. The Labute approximate surface area is 115 Å². The van der Waals surface area contributed by atoms with Crippen molar-refractivity contribution in [1.82, 2.24) is 0 Å². The minimum Gasteiger partial charge on any atom is -0.263 e. The van der Waals surface area contributed by atoms with Crippen LogP contribution in [-0.4, -0.2) is 4.21 Å². The van der Waals surface area contributed by atoms with E-state index in [-0.39, 0.29) is 17.1 Å². The number of benzene rings is 2. The van der Waals surface area contributed by atoms with Gasteiger partial charge < -0.3 is 0 Å². The minimum absolute atomic E-state index is 0. The van der Waals surface area contributed by atoms with E-state index < -0.39 is 10.8 Å². The van der Waals surface area contributed by atoms with E-state index in [0.29, 0.717) is 0 Å². The van der Waals surface area contributed by atoms with Crippen LogP contribution in [0.1, 0.15) is 11.1 Å². The summed E-state index contributed by atoms with van der Waals surface area (Å²) in [5.41, 5.74) is 2.17. The van der Waals surface area contributed by atoms with Gasteiger partial charge in [0.2, 0.25) is 0 Å². The molecule has 0 radical (unpaired) electrons. The Morgan fingerprint density at radius 3 is 2.12 bits per heavy atom. The van der Waals surface area contributed by atoms with Crippen molar-refractivity contribution in [2.75, 3.05) is 0 Å². The molecule has 2 aromatic rings. The van der Waals surface area contributed by atoms with Gasteiger partial charge in [0.05, 0.1) is 0 Å². The molecular weight excluding hydrogens is 280 g/mol. The first-order chi connectivity index (χ1) is 7.75. The van der Waals surface area contributed by atoms with Crippen molar-refractivity contribution in [1.29, 1.82) is 0 Å². The molecule has 0 aliphatic heterocycles. The third kappa shape index (κ3) is 4.04. The molecule has 1 atom stereocenters. The molecule has 0 aliphatic carbocycles. The van der Waals surface area contributed by atoms with Gasteiger partial charge in [-0.15, -0.1) is 12.1 Å². The molecule has 92 valence electrons. The molecule has 0 aliphatic rings. The number of hydrogen-bond donors (Lipinski definition) is 0. The average molecular weight is 293 g/mol. The van der Waals surface area contributed by atoms with Gasteiger partial charge in [0, 0.05) is 15.7 Å². The third-order valence-corrected chi connectivity index (χ3v) is 3.52. The SMILES string of the molecule is Cc1ccc(S(=O)[CH-]c2ccccc2)cc1.[Cu+]. The van der Waals surface area contributed by atoms with Gasteiger partial charge in [-0.25, -0.2) is 0 Å². The van der Waals surface area contributed by atoms with Gasteiger partial charge in [-0.05, 0) is 19.1 Å². The Kier molecular flexibility index (Phi) is 5.49. The Morgan fingerprint density at radius 1 is 0.941 bits per heavy atom. The van der Waals surface area contributed by atoms with Gasteiger partial charge in [0.1, 0.15) is 0 Å². The second-order valence-corrected chi connectivity index (χ2v) is 4.94. The van der Waals surface area contributed by atoms with Crippen molar-refractivity contribution in [3.05, 3.63) is 71.5 Å². The predicted molar refractivity (Wildman–Crippen MR) is 67.4 cm³/mol. The van der Waals surface area contributed by atoms with Crippen LogP contribution in [0.4, 0.5) is 0 Å². The van der Waals surface area contributed by atoms with E-state index in [9.17, 15) is 4.21 Å². The molecular formula is C14H13CuOS. The summed E-state index contributed by atoms with van der Waals surface area (Å²) in [4.78, 5) is 0.842. The Bertz CT molecular complexity index is 479. The molecule has 0 bridgehead atoms. The molecule has 0 fully saturated rings. The summed E-state index contributed by atoms with van der Waals surface area (Å²) in [7, 11) is -1.07. The maximum atomic E-state index is 12.0. The van der Waals surface area contributed by atoms with E-state index in [1.54, 1.807) is 5.75 Å². The van der Waals surface area contributed by atoms with Crippen molar-refractivity contribution >= 4 is 10.8 Å². The van der Waals surface area contributed by atoms with Crippen LogP contribution in [0.25, 0.3) is 0 Å². The number of hydrogen-bond acceptors (Lipinski definition) is 1. The number of rotatable bonds is 3. The van der Waals surface area contributed by atoms with Crippen LogP contribution >= 0.6 is 0 Å². The summed E-state index contributed by atoms with van der Waals surface area (Å²) in [6.45, 7) is 2.02. The van der Waals surface area contributed by atoms with E-state index in [0.717, 1.165) is 10.5 Å². The molecule has 0 amide bonds. The maximum absolute atomic E-state index is 12.0. The molecule has 3 heteroatoms. The smallest absolute Gasteiger partial charge is 0.263 e. The first kappa shape index (κ1) is 14.0. The Morgan fingerprint density at radius 2 is 1.53 bits per heavy atom. The molecule has 17 heavy (non-hydrogen) atoms. The summed E-state index contributed by atoms with van der Waals surface area (Å²) in [5.74, 6) is 1.77. The third-order valence-electron chi connectivity index (χ3n) is 2.30. The topological polar surface area (TPSA) is 17.1 Å². The summed E-state index contributed by atoms with van der Waals surface area (Å²) in [5, 5.41) is 0. The van der Waals surface area contributed by atoms with Crippen LogP contribution in [0.5, 0.6) is 0 Å². The standard InChI is InChI=1S/C14H13OS.Cu/c1-12-7-9-14(10-8-12)16(15)11-13-5-3-2-4-6-13;/h2-11H,1H3;/q-1;+1. The van der Waals surface area contributed by atoms with Crippen molar-refractivity contribution in [3.63, 3.8) is 0 Å². The molecule has 0 aromatic heterocycles. The predicted octanol–water partition coefficient (Wildman–Crippen LogP) is 3.31. The summed E-state index contributed by atoms with van der Waals surface area (Å²) < 4.78 is 12.0. The summed E-state index contributed by atoms with van der Waals surface area (Å²) >= 11 is 0. The quantitative estimate of drug-likeness (QED) is 0.627. The van der Waals surface area contributed by atoms with Crippen LogP contribution < -0.4 is 0 Å². The molecule has 2 aromatic carbocycles. The van der Waals surface area contributed by atoms with Crippen molar-refractivity contribution < 1.29 is 21.3 Å². The van der Waals surface area contributed by atoms with Gasteiger partial charge >= 0.3 is 17.1 Å². The van der Waals surface area contributed by atoms with Crippen molar-refractivity contribution in [3.8, 4) is 0 Å². The van der Waals surface area contributed by atoms with E-state index in [2.05, 4.69) is 0 Å². The fraction of sp³-hybridized carbons (Fsp3) is 0.0714. The normalized spacial score (nSPS) is 11.4. The summed E-state index contributed by atoms with van der Waals surface area (Å²) in [6, 6.07) is 17.5. The van der Waals surface area contributed by atoms with E-state index in [4.69, 9.17) is 0 Å². The Balaban J connectivity index is 0.00000144. The first-order valence-corrected chi connectivity index (χ1v) is 6.34. The number of aryl methyl sites for hydroxylation is 1. The zero-order valence-corrected chi connectivity index (χ0v) is 11.1. The second kappa shape index (κ2) is 6.65. The van der Waals surface area contributed by atoms with Gasteiger partial charge in [-0.3, -0.25) is 4.21 Å². The molecule has 0 spiro atoms. The minimum atomic E-state index is -1.07. The monoisotopic (exact) mass is 292 g/mol.